The number of fused-ring (bicyclic) bond motifs is 2. The van der Waals surface area contributed by atoms with Crippen LogP contribution in [0, 0.1) is 35.5 Å². The summed E-state index contributed by atoms with van der Waals surface area (Å²) in [5.74, 6) is -0.160. The number of rotatable bonds is 12. The zero-order valence-electron chi connectivity index (χ0n) is 41.0. The molecule has 1 aliphatic carbocycles. The SMILES string of the molecule is CC[C@H]1OC(=O)[C@H](C)C(=O)[C@H](C)[C@@H](O[C@@H]2O[C@H](C)C[C@H](N(C)C)[C@H]2O)[C@](C)(OC)C[C@@H](C)C(=O)[C@H](C)[C@H]2N(CCCCCC#Cc3ccc4c(c3)c(=O)c(C(=O)O)cn4C3CC3)C(=O)O[C@]12C. The number of hydrogen-bond acceptors (Lipinski definition) is 13. The predicted octanol–water partition coefficient (Wildman–Crippen LogP) is 6.15. The van der Waals surface area contributed by atoms with Crippen molar-refractivity contribution in [3.8, 4) is 11.8 Å². The molecule has 4 fully saturated rings. The average molecular weight is 934 g/mol. The number of ketones is 2. The van der Waals surface area contributed by atoms with Gasteiger partial charge in [-0.15, -0.1) is 0 Å². The van der Waals surface area contributed by atoms with E-state index < -0.39 is 94.8 Å². The van der Waals surface area contributed by atoms with Gasteiger partial charge in [0.1, 0.15) is 29.5 Å². The van der Waals surface area contributed by atoms with E-state index in [4.69, 9.17) is 23.7 Å². The monoisotopic (exact) mass is 933 g/mol. The lowest BCUT2D eigenvalue weighted by Gasteiger charge is -2.47. The fraction of sp³-hybridized carbons (Fsp3) is 0.686. The second kappa shape index (κ2) is 20.9. The third-order valence-corrected chi connectivity index (χ3v) is 14.8. The molecular weight excluding hydrogens is 863 g/mol. The van der Waals surface area contributed by atoms with Crippen LogP contribution >= 0.6 is 0 Å². The number of pyridine rings is 1. The van der Waals surface area contributed by atoms with Gasteiger partial charge in [0.25, 0.3) is 0 Å². The summed E-state index contributed by atoms with van der Waals surface area (Å²) in [4.78, 5) is 85.5. The molecule has 13 atom stereocenters. The smallest absolute Gasteiger partial charge is 0.410 e. The zero-order chi connectivity index (χ0) is 49.3. The Morgan fingerprint density at radius 3 is 2.31 bits per heavy atom. The number of amides is 1. The second-order valence-electron chi connectivity index (χ2n) is 20.0. The molecule has 1 aromatic carbocycles. The van der Waals surface area contributed by atoms with Crippen molar-refractivity contribution in [3.05, 3.63) is 45.7 Å². The van der Waals surface area contributed by atoms with Gasteiger partial charge in [-0.25, -0.2) is 9.59 Å². The summed E-state index contributed by atoms with van der Waals surface area (Å²) in [6, 6.07) is 4.34. The number of carbonyl (C=O) groups excluding carboxylic acids is 4. The van der Waals surface area contributed by atoms with E-state index in [1.54, 1.807) is 52.5 Å². The normalized spacial score (nSPS) is 34.3. The highest BCUT2D eigenvalue weighted by Gasteiger charge is 2.60. The number of ether oxygens (including phenoxy) is 5. The maximum atomic E-state index is 14.8. The molecule has 368 valence electrons. The van der Waals surface area contributed by atoms with Crippen LogP contribution in [0.1, 0.15) is 135 Å². The van der Waals surface area contributed by atoms with E-state index in [1.165, 1.54) is 20.2 Å². The molecule has 16 nitrogen and oxygen atoms in total. The quantitative estimate of drug-likeness (QED) is 0.106. The standard InChI is InChI=1S/C51H71N3O13/c1-12-39-51(8)44(53(49(62)67-51)23-17-15-13-14-16-18-33-19-22-37-35(25-33)42(57)36(46(59)60)27-54(37)34-20-21-34)30(4)40(55)28(2)26-50(7,63-11)45(31(5)41(56)32(6)47(61)65-39)66-48-43(58)38(52(9)10)24-29(3)64-48/h19,22,25,27-32,34,38-39,43-45,48,58H,12-15,17,20-21,23-24,26H2,1-11H3,(H,59,60)/t28-,29-,30+,31+,32-,38+,39-,43-,44-,45-,48+,50-,51-/m1/s1. The molecule has 16 heteroatoms. The first-order valence-electron chi connectivity index (χ1n) is 24.0. The van der Waals surface area contributed by atoms with Gasteiger partial charge in [0.15, 0.2) is 17.7 Å². The molecule has 0 unspecified atom stereocenters. The number of esters is 1. The van der Waals surface area contributed by atoms with Crippen molar-refractivity contribution >= 4 is 40.5 Å². The summed E-state index contributed by atoms with van der Waals surface area (Å²) in [5, 5.41) is 21.5. The summed E-state index contributed by atoms with van der Waals surface area (Å²) in [7, 11) is 5.20. The van der Waals surface area contributed by atoms with Crippen LogP contribution in [-0.4, -0.2) is 136 Å². The number of carbonyl (C=O) groups is 5. The van der Waals surface area contributed by atoms with Gasteiger partial charge < -0.3 is 48.3 Å². The molecule has 3 aliphatic heterocycles. The third-order valence-electron chi connectivity index (χ3n) is 14.8. The Labute approximate surface area is 393 Å². The first-order valence-corrected chi connectivity index (χ1v) is 24.0. The van der Waals surface area contributed by atoms with Gasteiger partial charge in [-0.1, -0.05) is 46.0 Å². The number of hydrogen-bond donors (Lipinski definition) is 2. The molecule has 3 saturated heterocycles. The van der Waals surface area contributed by atoms with Crippen LogP contribution in [0.3, 0.4) is 0 Å². The third kappa shape index (κ3) is 10.7. The lowest BCUT2D eigenvalue weighted by molar-refractivity contribution is -0.295. The summed E-state index contributed by atoms with van der Waals surface area (Å²) < 4.78 is 33.1. The van der Waals surface area contributed by atoms with Gasteiger partial charge in [-0.2, -0.15) is 0 Å². The molecule has 67 heavy (non-hydrogen) atoms. The predicted molar refractivity (Wildman–Crippen MR) is 248 cm³/mol. The van der Waals surface area contributed by atoms with Crippen LogP contribution in [0.2, 0.25) is 0 Å². The highest BCUT2D eigenvalue weighted by Crippen LogP contribution is 2.43. The lowest BCUT2D eigenvalue weighted by Crippen LogP contribution is -2.60. The summed E-state index contributed by atoms with van der Waals surface area (Å²) in [5.41, 5.74) is -2.25. The molecule has 4 heterocycles. The molecule has 0 bridgehead atoms. The number of aliphatic hydroxyl groups excluding tert-OH is 1. The molecule has 1 amide bonds. The largest absolute Gasteiger partial charge is 0.477 e. The number of aromatic nitrogens is 1. The summed E-state index contributed by atoms with van der Waals surface area (Å²) >= 11 is 0. The van der Waals surface area contributed by atoms with E-state index in [0.717, 1.165) is 12.8 Å². The van der Waals surface area contributed by atoms with Crippen molar-refractivity contribution in [1.29, 1.82) is 0 Å². The van der Waals surface area contributed by atoms with E-state index in [9.17, 15) is 39.0 Å². The Balaban J connectivity index is 1.20. The van der Waals surface area contributed by atoms with Gasteiger partial charge in [0.2, 0.25) is 5.43 Å². The highest BCUT2D eigenvalue weighted by atomic mass is 16.7. The lowest BCUT2D eigenvalue weighted by atomic mass is 9.73. The number of likely N-dealkylation sites (N-methyl/N-ethyl adjacent to an activating group) is 1. The summed E-state index contributed by atoms with van der Waals surface area (Å²) in [6.07, 6.45) is 1.41. The van der Waals surface area contributed by atoms with E-state index >= 15 is 0 Å². The number of carboxylic acids is 1. The van der Waals surface area contributed by atoms with Gasteiger partial charge in [0.05, 0.1) is 29.4 Å². The van der Waals surface area contributed by atoms with Crippen molar-refractivity contribution in [3.63, 3.8) is 0 Å². The molecular formula is C51H71N3O13. The van der Waals surface area contributed by atoms with Crippen LogP contribution < -0.4 is 5.43 Å². The van der Waals surface area contributed by atoms with E-state index in [0.29, 0.717) is 48.6 Å². The maximum Gasteiger partial charge on any atom is 0.410 e. The molecule has 2 aromatic rings. The molecule has 1 saturated carbocycles. The van der Waals surface area contributed by atoms with Crippen LogP contribution in [0.25, 0.3) is 10.9 Å². The Kier molecular flexibility index (Phi) is 16.1. The number of cyclic esters (lactones) is 1. The van der Waals surface area contributed by atoms with E-state index in [-0.39, 0.29) is 48.9 Å². The number of Topliss-reactive ketones (excluding diaryl/α,β-unsaturated/α-hetero) is 2. The van der Waals surface area contributed by atoms with Gasteiger partial charge in [-0.3, -0.25) is 19.2 Å². The number of unbranched alkanes of at least 4 members (excludes halogenated alkanes) is 3. The van der Waals surface area contributed by atoms with Crippen molar-refractivity contribution < 1.29 is 57.9 Å². The molecule has 0 spiro atoms. The van der Waals surface area contributed by atoms with Crippen LogP contribution in [-0.2, 0) is 38.1 Å². The van der Waals surface area contributed by atoms with Gasteiger partial charge in [-0.05, 0) is 105 Å². The number of aliphatic hydroxyl groups is 1. The van der Waals surface area contributed by atoms with Crippen molar-refractivity contribution in [2.75, 3.05) is 27.7 Å². The highest BCUT2D eigenvalue weighted by molar-refractivity contribution is 6.00. The van der Waals surface area contributed by atoms with Gasteiger partial charge >= 0.3 is 18.0 Å². The van der Waals surface area contributed by atoms with E-state index in [1.807, 2.05) is 42.6 Å². The number of nitrogens with zero attached hydrogens (tertiary/aromatic N) is 3. The number of benzene rings is 1. The Morgan fingerprint density at radius 1 is 0.985 bits per heavy atom. The Bertz CT molecular complexity index is 2310. The summed E-state index contributed by atoms with van der Waals surface area (Å²) in [6.45, 7) is 14.1. The van der Waals surface area contributed by atoms with Gasteiger partial charge in [0, 0.05) is 67.1 Å². The van der Waals surface area contributed by atoms with Crippen molar-refractivity contribution in [2.24, 2.45) is 23.7 Å². The molecule has 0 radical (unpaired) electrons. The fourth-order valence-corrected chi connectivity index (χ4v) is 10.8. The number of aromatic carboxylic acids is 1. The maximum absolute atomic E-state index is 14.8. The molecule has 6 rings (SSSR count). The van der Waals surface area contributed by atoms with Crippen LogP contribution in [0.4, 0.5) is 4.79 Å². The number of methoxy groups -OCH3 is 1. The second-order valence-corrected chi connectivity index (χ2v) is 20.0. The zero-order valence-corrected chi connectivity index (χ0v) is 41.0. The average Bonchev–Trinajstić information content (AvgIpc) is 4.10. The minimum atomic E-state index is -1.45. The Hall–Kier alpha value is -4.66. The van der Waals surface area contributed by atoms with Crippen molar-refractivity contribution in [1.82, 2.24) is 14.4 Å². The van der Waals surface area contributed by atoms with E-state index in [2.05, 4.69) is 11.8 Å². The number of carboxylic acid groups (broad SMARTS) is 1. The minimum absolute atomic E-state index is 0.0981. The minimum Gasteiger partial charge on any atom is -0.477 e. The molecule has 4 aliphatic rings. The topological polar surface area (TPSA) is 200 Å². The van der Waals surface area contributed by atoms with Crippen LogP contribution in [0.15, 0.2) is 29.2 Å². The first kappa shape index (κ1) is 51.7. The van der Waals surface area contributed by atoms with Crippen LogP contribution in [0.5, 0.6) is 0 Å². The molecule has 2 N–H and O–H groups in total. The fourth-order valence-electron chi connectivity index (χ4n) is 10.8. The molecule has 1 aromatic heterocycles. The first-order chi connectivity index (χ1) is 31.6. The van der Waals surface area contributed by atoms with Crippen molar-refractivity contribution in [2.45, 2.75) is 173 Å². The Morgan fingerprint density at radius 2 is 1.69 bits per heavy atom.